The highest BCUT2D eigenvalue weighted by Gasteiger charge is 2.34. The van der Waals surface area contributed by atoms with Crippen LogP contribution in [0, 0.1) is 0 Å². The minimum absolute atomic E-state index is 0.0956. The number of carbonyl (C=O) groups excluding carboxylic acids is 1. The quantitative estimate of drug-likeness (QED) is 0.269. The SMILES string of the molecule is COc1ccc(-c2cc(C(F)(F)F)nc(SCC(=O)ON=C3CCCCC3)n2)cc1. The van der Waals surface area contributed by atoms with Gasteiger partial charge in [0.2, 0.25) is 0 Å². The number of methoxy groups -OCH3 is 1. The normalized spacial score (nSPS) is 14.3. The molecule has 30 heavy (non-hydrogen) atoms. The summed E-state index contributed by atoms with van der Waals surface area (Å²) < 4.78 is 44.9. The van der Waals surface area contributed by atoms with Gasteiger partial charge in [0.05, 0.1) is 18.5 Å². The van der Waals surface area contributed by atoms with Gasteiger partial charge in [-0.25, -0.2) is 14.8 Å². The van der Waals surface area contributed by atoms with E-state index in [0.717, 1.165) is 55.6 Å². The van der Waals surface area contributed by atoms with Crippen molar-refractivity contribution in [3.8, 4) is 17.0 Å². The molecule has 0 atom stereocenters. The van der Waals surface area contributed by atoms with Gasteiger partial charge >= 0.3 is 12.1 Å². The molecule has 2 aromatic rings. The zero-order chi connectivity index (χ0) is 21.6. The second kappa shape index (κ2) is 9.92. The van der Waals surface area contributed by atoms with E-state index in [1.54, 1.807) is 24.3 Å². The van der Waals surface area contributed by atoms with Gasteiger partial charge in [-0.2, -0.15) is 13.2 Å². The van der Waals surface area contributed by atoms with Gasteiger partial charge < -0.3 is 9.57 Å². The van der Waals surface area contributed by atoms with Crippen LogP contribution >= 0.6 is 11.8 Å². The predicted molar refractivity (Wildman–Crippen MR) is 106 cm³/mol. The number of aromatic nitrogens is 2. The lowest BCUT2D eigenvalue weighted by Crippen LogP contribution is -2.12. The van der Waals surface area contributed by atoms with Crippen molar-refractivity contribution in [1.29, 1.82) is 0 Å². The number of benzene rings is 1. The first-order valence-electron chi connectivity index (χ1n) is 9.34. The molecule has 0 saturated heterocycles. The van der Waals surface area contributed by atoms with Crippen LogP contribution in [0.25, 0.3) is 11.3 Å². The molecule has 1 aromatic heterocycles. The maximum Gasteiger partial charge on any atom is 0.433 e. The summed E-state index contributed by atoms with van der Waals surface area (Å²) in [5, 5.41) is 3.69. The highest BCUT2D eigenvalue weighted by molar-refractivity contribution is 7.99. The van der Waals surface area contributed by atoms with Crippen molar-refractivity contribution >= 4 is 23.4 Å². The lowest BCUT2D eigenvalue weighted by molar-refractivity contribution is -0.141. The second-order valence-electron chi connectivity index (χ2n) is 6.62. The third-order valence-corrected chi connectivity index (χ3v) is 5.23. The maximum atomic E-state index is 13.3. The van der Waals surface area contributed by atoms with E-state index in [-0.39, 0.29) is 16.6 Å². The maximum absolute atomic E-state index is 13.3. The van der Waals surface area contributed by atoms with Crippen LogP contribution in [0.3, 0.4) is 0 Å². The number of halogens is 3. The smallest absolute Gasteiger partial charge is 0.433 e. The first-order chi connectivity index (χ1) is 14.3. The standard InChI is InChI=1S/C20H20F3N3O3S/c1-28-15-9-7-13(8-10-15)16-11-17(20(21,22)23)25-19(24-16)30-12-18(27)29-26-14-5-3-2-4-6-14/h7-11H,2-6,12H2,1H3. The number of ether oxygens (including phenoxy) is 1. The summed E-state index contributed by atoms with van der Waals surface area (Å²) in [5.41, 5.74) is 0.313. The van der Waals surface area contributed by atoms with Crippen molar-refractivity contribution in [3.63, 3.8) is 0 Å². The molecule has 1 aliphatic carbocycles. The Morgan fingerprint density at radius 3 is 2.47 bits per heavy atom. The van der Waals surface area contributed by atoms with E-state index < -0.39 is 17.8 Å². The molecule has 160 valence electrons. The number of alkyl halides is 3. The van der Waals surface area contributed by atoms with Crippen LogP contribution < -0.4 is 4.74 Å². The Morgan fingerprint density at radius 1 is 1.13 bits per heavy atom. The Morgan fingerprint density at radius 2 is 1.83 bits per heavy atom. The van der Waals surface area contributed by atoms with E-state index in [4.69, 9.17) is 9.57 Å². The van der Waals surface area contributed by atoms with Crippen molar-refractivity contribution in [1.82, 2.24) is 9.97 Å². The number of oxime groups is 1. The van der Waals surface area contributed by atoms with Gasteiger partial charge in [-0.3, -0.25) is 0 Å². The Labute approximate surface area is 175 Å². The van der Waals surface area contributed by atoms with Crippen molar-refractivity contribution < 1.29 is 27.5 Å². The molecule has 1 fully saturated rings. The Balaban J connectivity index is 1.73. The van der Waals surface area contributed by atoms with E-state index in [1.165, 1.54) is 7.11 Å². The van der Waals surface area contributed by atoms with E-state index >= 15 is 0 Å². The van der Waals surface area contributed by atoms with Crippen LogP contribution in [0.1, 0.15) is 37.8 Å². The summed E-state index contributed by atoms with van der Waals surface area (Å²) in [6.45, 7) is 0. The number of hydrogen-bond acceptors (Lipinski definition) is 7. The van der Waals surface area contributed by atoms with Crippen LogP contribution in [0.5, 0.6) is 5.75 Å². The van der Waals surface area contributed by atoms with Gasteiger partial charge in [-0.1, -0.05) is 23.3 Å². The van der Waals surface area contributed by atoms with Gasteiger partial charge in [0, 0.05) is 5.56 Å². The van der Waals surface area contributed by atoms with Crippen LogP contribution in [0.15, 0.2) is 40.6 Å². The lowest BCUT2D eigenvalue weighted by Gasteiger charge is -2.11. The minimum Gasteiger partial charge on any atom is -0.497 e. The summed E-state index contributed by atoms with van der Waals surface area (Å²) in [6, 6.07) is 7.33. The van der Waals surface area contributed by atoms with Crippen molar-refractivity contribution in [2.45, 2.75) is 43.4 Å². The minimum atomic E-state index is -4.65. The lowest BCUT2D eigenvalue weighted by atomic mass is 9.99. The predicted octanol–water partition coefficient (Wildman–Crippen LogP) is 5.13. The largest absolute Gasteiger partial charge is 0.497 e. The fourth-order valence-corrected chi connectivity index (χ4v) is 3.49. The molecule has 0 N–H and O–H groups in total. The molecule has 3 rings (SSSR count). The summed E-state index contributed by atoms with van der Waals surface area (Å²) in [4.78, 5) is 24.5. The molecule has 0 spiro atoms. The molecule has 0 unspecified atom stereocenters. The zero-order valence-electron chi connectivity index (χ0n) is 16.2. The topological polar surface area (TPSA) is 73.7 Å². The molecule has 0 amide bonds. The fourth-order valence-electron chi connectivity index (χ4n) is 2.86. The zero-order valence-corrected chi connectivity index (χ0v) is 17.1. The fraction of sp³-hybridized carbons (Fsp3) is 0.400. The van der Waals surface area contributed by atoms with Crippen LogP contribution in [-0.4, -0.2) is 34.5 Å². The van der Waals surface area contributed by atoms with Crippen molar-refractivity contribution in [3.05, 3.63) is 36.0 Å². The van der Waals surface area contributed by atoms with Gasteiger partial charge in [0.15, 0.2) is 5.16 Å². The highest BCUT2D eigenvalue weighted by Crippen LogP contribution is 2.32. The molecule has 0 bridgehead atoms. The third kappa shape index (κ3) is 6.19. The molecular formula is C20H20F3N3O3S. The number of thioether (sulfide) groups is 1. The van der Waals surface area contributed by atoms with E-state index in [1.807, 2.05) is 0 Å². The highest BCUT2D eigenvalue weighted by atomic mass is 32.2. The Kier molecular flexibility index (Phi) is 7.30. The molecule has 0 aliphatic heterocycles. The van der Waals surface area contributed by atoms with Crippen molar-refractivity contribution in [2.75, 3.05) is 12.9 Å². The molecule has 6 nitrogen and oxygen atoms in total. The second-order valence-corrected chi connectivity index (χ2v) is 7.56. The first-order valence-corrected chi connectivity index (χ1v) is 10.3. The molecule has 10 heteroatoms. The van der Waals surface area contributed by atoms with Crippen LogP contribution in [0.2, 0.25) is 0 Å². The van der Waals surface area contributed by atoms with Crippen LogP contribution in [0.4, 0.5) is 13.2 Å². The van der Waals surface area contributed by atoms with E-state index in [9.17, 15) is 18.0 Å². The summed E-state index contributed by atoms with van der Waals surface area (Å²) in [6.07, 6.45) is 0.0959. The van der Waals surface area contributed by atoms with E-state index in [2.05, 4.69) is 15.1 Å². The number of carbonyl (C=O) groups is 1. The van der Waals surface area contributed by atoms with Crippen LogP contribution in [-0.2, 0) is 15.8 Å². The van der Waals surface area contributed by atoms with Crippen molar-refractivity contribution in [2.24, 2.45) is 5.16 Å². The molecule has 1 aromatic carbocycles. The molecule has 1 aliphatic rings. The molecular weight excluding hydrogens is 419 g/mol. The summed E-state index contributed by atoms with van der Waals surface area (Å²) >= 11 is 0.771. The van der Waals surface area contributed by atoms with Gasteiger partial charge in [0.1, 0.15) is 17.2 Å². The number of nitrogens with zero attached hydrogens (tertiary/aromatic N) is 3. The van der Waals surface area contributed by atoms with Gasteiger partial charge in [-0.05, 0) is 56.0 Å². The Hall–Kier alpha value is -2.62. The molecule has 1 heterocycles. The number of hydrogen-bond donors (Lipinski definition) is 0. The average Bonchev–Trinajstić information content (AvgIpc) is 2.76. The average molecular weight is 439 g/mol. The summed E-state index contributed by atoms with van der Waals surface area (Å²) in [7, 11) is 1.49. The van der Waals surface area contributed by atoms with Gasteiger partial charge in [0.25, 0.3) is 0 Å². The third-order valence-electron chi connectivity index (χ3n) is 4.41. The Bertz CT molecular complexity index is 910. The number of rotatable bonds is 6. The van der Waals surface area contributed by atoms with Gasteiger partial charge in [-0.15, -0.1) is 0 Å². The summed E-state index contributed by atoms with van der Waals surface area (Å²) in [5.74, 6) is -0.342. The molecule has 0 radical (unpaired) electrons. The van der Waals surface area contributed by atoms with E-state index in [0.29, 0.717) is 11.3 Å². The first kappa shape index (κ1) is 22.1. The molecule has 1 saturated carbocycles. The monoisotopic (exact) mass is 439 g/mol.